The van der Waals surface area contributed by atoms with Gasteiger partial charge >= 0.3 is 0 Å². The molecule has 1 fully saturated rings. The molecule has 0 aromatic heterocycles. The fourth-order valence-electron chi connectivity index (χ4n) is 2.49. The molecule has 1 aliphatic heterocycles. The highest BCUT2D eigenvalue weighted by Gasteiger charge is 2.21. The summed E-state index contributed by atoms with van der Waals surface area (Å²) in [5, 5.41) is 3.54. The Hall–Kier alpha value is -0.120. The molecule has 0 bridgehead atoms. The number of nitrogens with zero attached hydrogens (tertiary/aromatic N) is 1. The topological polar surface area (TPSA) is 24.5 Å². The third-order valence-electron chi connectivity index (χ3n) is 3.51. The molecule has 17 heavy (non-hydrogen) atoms. The van der Waals surface area contributed by atoms with Crippen LogP contribution < -0.4 is 5.32 Å². The predicted octanol–water partition coefficient (Wildman–Crippen LogP) is 1.98. The highest BCUT2D eigenvalue weighted by Crippen LogP contribution is 2.15. The standard InChI is InChI=1S/C14H30N2O/c1-13(2)5-4-7-15-8-10-16-9-6-14(11-16)12-17-3/h13-15H,4-12H2,1-3H3. The van der Waals surface area contributed by atoms with Crippen molar-refractivity contribution >= 4 is 0 Å². The van der Waals surface area contributed by atoms with Crippen molar-refractivity contribution in [3.63, 3.8) is 0 Å². The molecule has 1 N–H and O–H groups in total. The van der Waals surface area contributed by atoms with Crippen molar-refractivity contribution in [1.29, 1.82) is 0 Å². The Kier molecular flexibility index (Phi) is 7.82. The second-order valence-electron chi connectivity index (χ2n) is 5.70. The van der Waals surface area contributed by atoms with Crippen LogP contribution in [0.3, 0.4) is 0 Å². The van der Waals surface area contributed by atoms with E-state index in [9.17, 15) is 0 Å². The van der Waals surface area contributed by atoms with E-state index >= 15 is 0 Å². The summed E-state index contributed by atoms with van der Waals surface area (Å²) in [7, 11) is 1.80. The predicted molar refractivity (Wildman–Crippen MR) is 73.4 cm³/mol. The highest BCUT2D eigenvalue weighted by atomic mass is 16.5. The maximum absolute atomic E-state index is 5.21. The lowest BCUT2D eigenvalue weighted by Gasteiger charge is -2.16. The Bertz CT molecular complexity index is 185. The van der Waals surface area contributed by atoms with Crippen LogP contribution >= 0.6 is 0 Å². The van der Waals surface area contributed by atoms with E-state index in [1.807, 2.05) is 0 Å². The first-order valence-electron chi connectivity index (χ1n) is 7.14. The minimum Gasteiger partial charge on any atom is -0.384 e. The van der Waals surface area contributed by atoms with Crippen molar-refractivity contribution in [2.24, 2.45) is 11.8 Å². The summed E-state index contributed by atoms with van der Waals surface area (Å²) in [6.45, 7) is 11.5. The summed E-state index contributed by atoms with van der Waals surface area (Å²) < 4.78 is 5.21. The smallest absolute Gasteiger partial charge is 0.0503 e. The van der Waals surface area contributed by atoms with E-state index in [0.29, 0.717) is 0 Å². The first-order valence-corrected chi connectivity index (χ1v) is 7.14. The lowest BCUT2D eigenvalue weighted by Crippen LogP contribution is -2.31. The molecule has 3 nitrogen and oxygen atoms in total. The van der Waals surface area contributed by atoms with Gasteiger partial charge in [-0.15, -0.1) is 0 Å². The largest absolute Gasteiger partial charge is 0.384 e. The molecule has 0 radical (unpaired) electrons. The molecule has 0 amide bonds. The van der Waals surface area contributed by atoms with E-state index in [1.54, 1.807) is 7.11 Å². The molecule has 0 aromatic rings. The van der Waals surface area contributed by atoms with Crippen LogP contribution in [0.4, 0.5) is 0 Å². The molecule has 3 heteroatoms. The third-order valence-corrected chi connectivity index (χ3v) is 3.51. The SMILES string of the molecule is COCC1CCN(CCNCCCC(C)C)C1. The van der Waals surface area contributed by atoms with Gasteiger partial charge in [0.1, 0.15) is 0 Å². The monoisotopic (exact) mass is 242 g/mol. The first kappa shape index (κ1) is 14.9. The van der Waals surface area contributed by atoms with E-state index < -0.39 is 0 Å². The van der Waals surface area contributed by atoms with Crippen LogP contribution in [-0.4, -0.2) is 51.3 Å². The second kappa shape index (κ2) is 8.90. The average molecular weight is 242 g/mol. The second-order valence-corrected chi connectivity index (χ2v) is 5.70. The van der Waals surface area contributed by atoms with Gasteiger partial charge in [-0.2, -0.15) is 0 Å². The zero-order valence-electron chi connectivity index (χ0n) is 11.9. The third kappa shape index (κ3) is 7.02. The average Bonchev–Trinajstić information content (AvgIpc) is 2.71. The van der Waals surface area contributed by atoms with Crippen molar-refractivity contribution in [3.8, 4) is 0 Å². The van der Waals surface area contributed by atoms with Gasteiger partial charge in [0.2, 0.25) is 0 Å². The van der Waals surface area contributed by atoms with Crippen LogP contribution in [0.1, 0.15) is 33.1 Å². The summed E-state index contributed by atoms with van der Waals surface area (Å²) in [5.74, 6) is 1.60. The maximum atomic E-state index is 5.21. The van der Waals surface area contributed by atoms with Crippen LogP contribution in [-0.2, 0) is 4.74 Å². The van der Waals surface area contributed by atoms with Gasteiger partial charge in [-0.3, -0.25) is 0 Å². The number of likely N-dealkylation sites (tertiary alicyclic amines) is 1. The highest BCUT2D eigenvalue weighted by molar-refractivity contribution is 4.75. The number of rotatable bonds is 9. The van der Waals surface area contributed by atoms with Crippen molar-refractivity contribution in [3.05, 3.63) is 0 Å². The lowest BCUT2D eigenvalue weighted by atomic mass is 10.1. The van der Waals surface area contributed by atoms with Crippen LogP contribution in [0, 0.1) is 11.8 Å². The summed E-state index contributed by atoms with van der Waals surface area (Å²) in [4.78, 5) is 2.55. The quantitative estimate of drug-likeness (QED) is 0.626. The summed E-state index contributed by atoms with van der Waals surface area (Å²) in [6.07, 6.45) is 3.96. The van der Waals surface area contributed by atoms with Crippen LogP contribution in [0.5, 0.6) is 0 Å². The summed E-state index contributed by atoms with van der Waals surface area (Å²) in [5.41, 5.74) is 0. The van der Waals surface area contributed by atoms with E-state index in [1.165, 1.54) is 45.4 Å². The Morgan fingerprint density at radius 3 is 2.88 bits per heavy atom. The van der Waals surface area contributed by atoms with Gasteiger partial charge in [0, 0.05) is 26.7 Å². The number of ether oxygens (including phenoxy) is 1. The zero-order valence-corrected chi connectivity index (χ0v) is 11.9. The van der Waals surface area contributed by atoms with Gasteiger partial charge in [0.05, 0.1) is 6.61 Å². The van der Waals surface area contributed by atoms with Gasteiger partial charge in [-0.05, 0) is 44.2 Å². The molecule has 1 saturated heterocycles. The minimum atomic E-state index is 0.765. The first-order chi connectivity index (χ1) is 8.22. The van der Waals surface area contributed by atoms with Crippen LogP contribution in [0.2, 0.25) is 0 Å². The van der Waals surface area contributed by atoms with Crippen molar-refractivity contribution in [1.82, 2.24) is 10.2 Å². The van der Waals surface area contributed by atoms with Crippen LogP contribution in [0.15, 0.2) is 0 Å². The number of nitrogens with one attached hydrogen (secondary N) is 1. The van der Waals surface area contributed by atoms with Gasteiger partial charge in [0.15, 0.2) is 0 Å². The summed E-state index contributed by atoms with van der Waals surface area (Å²) >= 11 is 0. The van der Waals surface area contributed by atoms with Gasteiger partial charge in [-0.25, -0.2) is 0 Å². The summed E-state index contributed by atoms with van der Waals surface area (Å²) in [6, 6.07) is 0. The van der Waals surface area contributed by atoms with Crippen molar-refractivity contribution in [2.75, 3.05) is 46.4 Å². The molecule has 1 rings (SSSR count). The van der Waals surface area contributed by atoms with E-state index in [2.05, 4.69) is 24.1 Å². The molecule has 102 valence electrons. The molecule has 0 aliphatic carbocycles. The Morgan fingerprint density at radius 1 is 1.35 bits per heavy atom. The Labute approximate surface area is 107 Å². The van der Waals surface area contributed by atoms with Crippen molar-refractivity contribution in [2.45, 2.75) is 33.1 Å². The molecule has 1 unspecified atom stereocenters. The number of hydrogen-bond acceptors (Lipinski definition) is 3. The van der Waals surface area contributed by atoms with E-state index in [4.69, 9.17) is 4.74 Å². The molecular formula is C14H30N2O. The van der Waals surface area contributed by atoms with Gasteiger partial charge in [0.25, 0.3) is 0 Å². The number of hydrogen-bond donors (Lipinski definition) is 1. The zero-order chi connectivity index (χ0) is 12.5. The van der Waals surface area contributed by atoms with E-state index in [-0.39, 0.29) is 0 Å². The maximum Gasteiger partial charge on any atom is 0.0503 e. The molecule has 0 aromatic carbocycles. The molecule has 0 saturated carbocycles. The van der Waals surface area contributed by atoms with Crippen molar-refractivity contribution < 1.29 is 4.74 Å². The molecule has 1 aliphatic rings. The normalized spacial score (nSPS) is 21.5. The minimum absolute atomic E-state index is 0.765. The van der Waals surface area contributed by atoms with Crippen LogP contribution in [0.25, 0.3) is 0 Å². The molecule has 1 atom stereocenters. The Morgan fingerprint density at radius 2 is 2.18 bits per heavy atom. The lowest BCUT2D eigenvalue weighted by molar-refractivity contribution is 0.153. The molecular weight excluding hydrogens is 212 g/mol. The van der Waals surface area contributed by atoms with Gasteiger partial charge in [-0.1, -0.05) is 13.8 Å². The van der Waals surface area contributed by atoms with E-state index in [0.717, 1.165) is 25.0 Å². The Balaban J connectivity index is 1.90. The molecule has 1 heterocycles. The fourth-order valence-corrected chi connectivity index (χ4v) is 2.49. The molecule has 0 spiro atoms. The van der Waals surface area contributed by atoms with Gasteiger partial charge < -0.3 is 15.0 Å². The fraction of sp³-hybridized carbons (Fsp3) is 1.00. The number of methoxy groups -OCH3 is 1.